The Morgan fingerprint density at radius 1 is 1.26 bits per heavy atom. The van der Waals surface area contributed by atoms with Gasteiger partial charge in [-0.05, 0) is 24.6 Å². The highest BCUT2D eigenvalue weighted by atomic mass is 16.5. The summed E-state index contributed by atoms with van der Waals surface area (Å²) in [4.78, 5) is 4.23. The zero-order chi connectivity index (χ0) is 13.8. The maximum absolute atomic E-state index is 5.67. The van der Waals surface area contributed by atoms with Gasteiger partial charge < -0.3 is 19.7 Å². The van der Waals surface area contributed by atoms with E-state index in [9.17, 15) is 0 Å². The lowest BCUT2D eigenvalue weighted by Gasteiger charge is -2.08. The van der Waals surface area contributed by atoms with Crippen molar-refractivity contribution in [3.63, 3.8) is 0 Å². The van der Waals surface area contributed by atoms with E-state index in [0.717, 1.165) is 5.56 Å². The van der Waals surface area contributed by atoms with Crippen molar-refractivity contribution in [2.24, 2.45) is 5.73 Å². The minimum atomic E-state index is -0.258. The normalized spacial score (nSPS) is 12.2. The Bertz CT molecular complexity index is 552. The molecule has 2 aromatic rings. The van der Waals surface area contributed by atoms with Gasteiger partial charge in [0.05, 0.1) is 20.3 Å². The molecule has 1 atom stereocenters. The van der Waals surface area contributed by atoms with Crippen LogP contribution in [0.5, 0.6) is 11.5 Å². The van der Waals surface area contributed by atoms with Gasteiger partial charge in [-0.25, -0.2) is 0 Å². The summed E-state index contributed by atoms with van der Waals surface area (Å²) in [6, 6.07) is 5.41. The molecule has 1 heterocycles. The smallest absolute Gasteiger partial charge is 0.243 e. The molecular weight excluding hydrogens is 246 g/mol. The van der Waals surface area contributed by atoms with Gasteiger partial charge in [0.1, 0.15) is 0 Å². The van der Waals surface area contributed by atoms with E-state index >= 15 is 0 Å². The maximum Gasteiger partial charge on any atom is 0.243 e. The van der Waals surface area contributed by atoms with Crippen LogP contribution in [0.4, 0.5) is 0 Å². The van der Waals surface area contributed by atoms with Gasteiger partial charge in [0.15, 0.2) is 17.3 Å². The Morgan fingerprint density at radius 2 is 2.00 bits per heavy atom. The maximum atomic E-state index is 5.67. The molecule has 1 aromatic carbocycles. The van der Waals surface area contributed by atoms with Crippen LogP contribution in [0.1, 0.15) is 30.2 Å². The second-order valence-electron chi connectivity index (χ2n) is 4.20. The van der Waals surface area contributed by atoms with Crippen LogP contribution in [0.3, 0.4) is 0 Å². The van der Waals surface area contributed by atoms with E-state index in [4.69, 9.17) is 19.7 Å². The van der Waals surface area contributed by atoms with Gasteiger partial charge >= 0.3 is 0 Å². The predicted molar refractivity (Wildman–Crippen MR) is 69.3 cm³/mol. The molecule has 6 heteroatoms. The Labute approximate surface area is 111 Å². The molecule has 0 spiro atoms. The molecule has 0 aliphatic heterocycles. The molecule has 0 radical (unpaired) electrons. The first-order valence-electron chi connectivity index (χ1n) is 5.93. The number of benzene rings is 1. The Balaban J connectivity index is 2.18. The van der Waals surface area contributed by atoms with Gasteiger partial charge in [0.2, 0.25) is 5.89 Å². The van der Waals surface area contributed by atoms with Crippen molar-refractivity contribution in [1.82, 2.24) is 10.1 Å². The van der Waals surface area contributed by atoms with Gasteiger partial charge in [-0.2, -0.15) is 4.98 Å². The third kappa shape index (κ3) is 3.03. The average Bonchev–Trinajstić information content (AvgIpc) is 2.87. The summed E-state index contributed by atoms with van der Waals surface area (Å²) in [5, 5.41) is 3.89. The molecule has 6 nitrogen and oxygen atoms in total. The summed E-state index contributed by atoms with van der Waals surface area (Å²) in [6.45, 7) is 1.80. The first-order valence-corrected chi connectivity index (χ1v) is 5.93. The monoisotopic (exact) mass is 263 g/mol. The van der Waals surface area contributed by atoms with Crippen molar-refractivity contribution in [3.05, 3.63) is 35.5 Å². The average molecular weight is 263 g/mol. The van der Waals surface area contributed by atoms with E-state index < -0.39 is 0 Å². The minimum Gasteiger partial charge on any atom is -0.493 e. The molecule has 2 N–H and O–H groups in total. The molecule has 0 saturated heterocycles. The summed E-state index contributed by atoms with van der Waals surface area (Å²) in [5.41, 5.74) is 6.68. The highest BCUT2D eigenvalue weighted by molar-refractivity contribution is 5.43. The summed E-state index contributed by atoms with van der Waals surface area (Å²) in [7, 11) is 3.20. The number of nitrogens with zero attached hydrogens (tertiary/aromatic N) is 2. The molecule has 1 aromatic heterocycles. The van der Waals surface area contributed by atoms with Gasteiger partial charge in [-0.15, -0.1) is 0 Å². The molecule has 102 valence electrons. The van der Waals surface area contributed by atoms with E-state index in [1.54, 1.807) is 21.1 Å². The Hall–Kier alpha value is -2.08. The number of hydrogen-bond acceptors (Lipinski definition) is 6. The molecule has 0 fully saturated rings. The minimum absolute atomic E-state index is 0.258. The second kappa shape index (κ2) is 5.71. The molecule has 2 rings (SSSR count). The summed E-state index contributed by atoms with van der Waals surface area (Å²) in [5.74, 6) is 2.40. The van der Waals surface area contributed by atoms with Gasteiger partial charge in [0.25, 0.3) is 0 Å². The topological polar surface area (TPSA) is 83.4 Å². The SMILES string of the molecule is COc1ccc(Cc2noc(C(C)N)n2)cc1OC. The van der Waals surface area contributed by atoms with Gasteiger partial charge in [-0.1, -0.05) is 11.2 Å². The van der Waals surface area contributed by atoms with Crippen LogP contribution >= 0.6 is 0 Å². The van der Waals surface area contributed by atoms with Crippen molar-refractivity contribution in [3.8, 4) is 11.5 Å². The Kier molecular flexibility index (Phi) is 4.01. The van der Waals surface area contributed by atoms with Crippen LogP contribution in [0, 0.1) is 0 Å². The fourth-order valence-electron chi connectivity index (χ4n) is 1.70. The zero-order valence-corrected chi connectivity index (χ0v) is 11.2. The van der Waals surface area contributed by atoms with Crippen LogP contribution in [0.15, 0.2) is 22.7 Å². The number of methoxy groups -OCH3 is 2. The summed E-state index contributed by atoms with van der Waals surface area (Å²) in [6.07, 6.45) is 0.552. The Morgan fingerprint density at radius 3 is 2.58 bits per heavy atom. The third-order valence-corrected chi connectivity index (χ3v) is 2.68. The van der Waals surface area contributed by atoms with E-state index in [1.807, 2.05) is 18.2 Å². The van der Waals surface area contributed by atoms with Crippen molar-refractivity contribution < 1.29 is 14.0 Å². The number of aromatic nitrogens is 2. The van der Waals surface area contributed by atoms with E-state index in [-0.39, 0.29) is 6.04 Å². The lowest BCUT2D eigenvalue weighted by atomic mass is 10.1. The van der Waals surface area contributed by atoms with Crippen LogP contribution in [-0.2, 0) is 6.42 Å². The van der Waals surface area contributed by atoms with Gasteiger partial charge in [-0.3, -0.25) is 0 Å². The van der Waals surface area contributed by atoms with Crippen LogP contribution in [0.2, 0.25) is 0 Å². The molecule has 0 bridgehead atoms. The fourth-order valence-corrected chi connectivity index (χ4v) is 1.70. The lowest BCUT2D eigenvalue weighted by Crippen LogP contribution is -2.05. The highest BCUT2D eigenvalue weighted by Crippen LogP contribution is 2.28. The van der Waals surface area contributed by atoms with Gasteiger partial charge in [0, 0.05) is 6.42 Å². The predicted octanol–water partition coefficient (Wildman–Crippen LogP) is 1.70. The van der Waals surface area contributed by atoms with Crippen LogP contribution < -0.4 is 15.2 Å². The fraction of sp³-hybridized carbons (Fsp3) is 0.385. The standard InChI is InChI=1S/C13H17N3O3/c1-8(14)13-15-12(16-19-13)7-9-4-5-10(17-2)11(6-9)18-3/h4-6,8H,7,14H2,1-3H3. The molecule has 0 amide bonds. The largest absolute Gasteiger partial charge is 0.493 e. The quantitative estimate of drug-likeness (QED) is 0.883. The highest BCUT2D eigenvalue weighted by Gasteiger charge is 2.12. The summed E-state index contributed by atoms with van der Waals surface area (Å²) < 4.78 is 15.5. The molecule has 19 heavy (non-hydrogen) atoms. The van der Waals surface area contributed by atoms with Crippen LogP contribution in [-0.4, -0.2) is 24.4 Å². The van der Waals surface area contributed by atoms with Crippen molar-refractivity contribution >= 4 is 0 Å². The molecule has 1 unspecified atom stereocenters. The molecule has 0 aliphatic carbocycles. The molecular formula is C13H17N3O3. The third-order valence-electron chi connectivity index (χ3n) is 2.68. The number of hydrogen-bond donors (Lipinski definition) is 1. The van der Waals surface area contributed by atoms with Crippen molar-refractivity contribution in [2.75, 3.05) is 14.2 Å². The van der Waals surface area contributed by atoms with E-state index in [2.05, 4.69) is 10.1 Å². The lowest BCUT2D eigenvalue weighted by molar-refractivity contribution is 0.354. The van der Waals surface area contributed by atoms with E-state index in [1.165, 1.54) is 0 Å². The van der Waals surface area contributed by atoms with E-state index in [0.29, 0.717) is 29.6 Å². The van der Waals surface area contributed by atoms with Crippen molar-refractivity contribution in [2.45, 2.75) is 19.4 Å². The van der Waals surface area contributed by atoms with Crippen LogP contribution in [0.25, 0.3) is 0 Å². The summed E-state index contributed by atoms with van der Waals surface area (Å²) >= 11 is 0. The van der Waals surface area contributed by atoms with Crippen molar-refractivity contribution in [1.29, 1.82) is 0 Å². The zero-order valence-electron chi connectivity index (χ0n) is 11.2. The second-order valence-corrected chi connectivity index (χ2v) is 4.20. The number of rotatable bonds is 5. The number of nitrogens with two attached hydrogens (primary N) is 1. The number of ether oxygens (including phenoxy) is 2. The molecule has 0 aliphatic rings. The molecule has 0 saturated carbocycles. The first kappa shape index (κ1) is 13.4. The first-order chi connectivity index (χ1) is 9.13.